The molecule has 0 aromatic rings. The normalized spacial score (nSPS) is 15.1. The summed E-state index contributed by atoms with van der Waals surface area (Å²) in [6, 6.07) is 0. The third kappa shape index (κ3) is 5.31. The van der Waals surface area contributed by atoms with E-state index in [1.165, 1.54) is 13.0 Å². The van der Waals surface area contributed by atoms with Crippen LogP contribution in [0.2, 0.25) is 0 Å². The minimum Gasteiger partial charge on any atom is -0.480 e. The van der Waals surface area contributed by atoms with E-state index in [0.29, 0.717) is 18.8 Å². The van der Waals surface area contributed by atoms with Crippen LogP contribution >= 0.6 is 0 Å². The van der Waals surface area contributed by atoms with Crippen LogP contribution in [0.5, 0.6) is 0 Å². The van der Waals surface area contributed by atoms with Gasteiger partial charge in [0, 0.05) is 6.54 Å². The molecule has 0 aromatic heterocycles. The Labute approximate surface area is 83.5 Å². The van der Waals surface area contributed by atoms with Crippen LogP contribution in [0, 0.1) is 5.41 Å². The molecule has 0 saturated carbocycles. The summed E-state index contributed by atoms with van der Waals surface area (Å²) in [5.74, 6) is -0.655. The lowest BCUT2D eigenvalue weighted by Gasteiger charge is -2.13. The van der Waals surface area contributed by atoms with Gasteiger partial charge in [-0.05, 0) is 20.3 Å². The van der Waals surface area contributed by atoms with Gasteiger partial charge in [0.05, 0.1) is 5.84 Å². The summed E-state index contributed by atoms with van der Waals surface area (Å²) in [4.78, 5) is 10.6. The number of carbonyl (C=O) groups is 1. The van der Waals surface area contributed by atoms with Crippen molar-refractivity contribution < 1.29 is 9.90 Å². The first-order valence-corrected chi connectivity index (χ1v) is 4.35. The molecule has 0 bridgehead atoms. The highest BCUT2D eigenvalue weighted by molar-refractivity contribution is 5.80. The fraction of sp³-hybridized carbons (Fsp3) is 0.556. The number of carboxylic acids is 1. The van der Waals surface area contributed by atoms with Gasteiger partial charge in [0.1, 0.15) is 5.54 Å². The topological polar surface area (TPSA) is 99.2 Å². The van der Waals surface area contributed by atoms with Gasteiger partial charge in [-0.1, -0.05) is 12.2 Å². The number of hydrogen-bond donors (Lipinski definition) is 4. The van der Waals surface area contributed by atoms with Gasteiger partial charge >= 0.3 is 5.97 Å². The molecule has 0 amide bonds. The summed E-state index contributed by atoms with van der Waals surface area (Å²) in [5.41, 5.74) is 4.15. The van der Waals surface area contributed by atoms with Crippen LogP contribution < -0.4 is 11.1 Å². The van der Waals surface area contributed by atoms with Gasteiger partial charge < -0.3 is 16.2 Å². The van der Waals surface area contributed by atoms with Crippen LogP contribution in [-0.4, -0.2) is 29.0 Å². The number of aliphatic carboxylic acids is 1. The highest BCUT2D eigenvalue weighted by Gasteiger charge is 2.23. The van der Waals surface area contributed by atoms with Crippen molar-refractivity contribution in [3.05, 3.63) is 12.2 Å². The lowest BCUT2D eigenvalue weighted by molar-refractivity contribution is -0.140. The average molecular weight is 199 g/mol. The molecule has 0 heterocycles. The van der Waals surface area contributed by atoms with Crippen molar-refractivity contribution in [3.63, 3.8) is 0 Å². The molecule has 5 heteroatoms. The maximum atomic E-state index is 10.6. The fourth-order valence-corrected chi connectivity index (χ4v) is 0.742. The summed E-state index contributed by atoms with van der Waals surface area (Å²) in [7, 11) is 0. The zero-order chi connectivity index (χ0) is 11.2. The molecule has 80 valence electrons. The number of hydrogen-bond acceptors (Lipinski definition) is 3. The Hall–Kier alpha value is -1.36. The fourth-order valence-electron chi connectivity index (χ4n) is 0.742. The first-order valence-electron chi connectivity index (χ1n) is 4.35. The molecule has 0 aliphatic heterocycles. The molecular formula is C9H17N3O2. The Morgan fingerprint density at radius 1 is 1.71 bits per heavy atom. The van der Waals surface area contributed by atoms with E-state index in [1.54, 1.807) is 13.0 Å². The van der Waals surface area contributed by atoms with Crippen LogP contribution in [0.3, 0.4) is 0 Å². The molecular weight excluding hydrogens is 182 g/mol. The number of nitrogens with two attached hydrogens (primary N) is 1. The first kappa shape index (κ1) is 12.6. The minimum absolute atomic E-state index is 0.396. The molecule has 5 N–H and O–H groups in total. The summed E-state index contributed by atoms with van der Waals surface area (Å²) in [6.07, 6.45) is 3.80. The Bertz CT molecular complexity index is 246. The molecule has 5 nitrogen and oxygen atoms in total. The molecule has 14 heavy (non-hydrogen) atoms. The summed E-state index contributed by atoms with van der Waals surface area (Å²) >= 11 is 0. The SMILES string of the molecule is CC(=N)NCC/C=C/[C@@](C)(N)C(=O)O. The molecule has 0 aliphatic rings. The predicted octanol–water partition coefficient (Wildman–Crippen LogP) is 0.321. The molecule has 0 aliphatic carbocycles. The second-order valence-corrected chi connectivity index (χ2v) is 3.33. The first-order chi connectivity index (χ1) is 6.36. The van der Waals surface area contributed by atoms with Gasteiger partial charge in [0.2, 0.25) is 0 Å². The molecule has 0 spiro atoms. The van der Waals surface area contributed by atoms with Crippen LogP contribution in [-0.2, 0) is 4.79 Å². The Kier molecular flexibility index (Phi) is 4.86. The van der Waals surface area contributed by atoms with Crippen LogP contribution in [0.25, 0.3) is 0 Å². The smallest absolute Gasteiger partial charge is 0.327 e. The van der Waals surface area contributed by atoms with Crippen LogP contribution in [0.1, 0.15) is 20.3 Å². The van der Waals surface area contributed by atoms with Crippen molar-refractivity contribution in [2.75, 3.05) is 6.54 Å². The van der Waals surface area contributed by atoms with E-state index in [1.807, 2.05) is 0 Å². The van der Waals surface area contributed by atoms with Crippen LogP contribution in [0.4, 0.5) is 0 Å². The lowest BCUT2D eigenvalue weighted by Crippen LogP contribution is -2.42. The number of nitrogens with one attached hydrogen (secondary N) is 2. The highest BCUT2D eigenvalue weighted by atomic mass is 16.4. The van der Waals surface area contributed by atoms with E-state index in [0.717, 1.165) is 0 Å². The van der Waals surface area contributed by atoms with Crippen molar-refractivity contribution in [1.82, 2.24) is 5.32 Å². The van der Waals surface area contributed by atoms with Crippen molar-refractivity contribution in [2.45, 2.75) is 25.8 Å². The third-order valence-electron chi connectivity index (χ3n) is 1.63. The van der Waals surface area contributed by atoms with Crippen molar-refractivity contribution >= 4 is 11.8 Å². The van der Waals surface area contributed by atoms with E-state index in [4.69, 9.17) is 16.2 Å². The second-order valence-electron chi connectivity index (χ2n) is 3.33. The van der Waals surface area contributed by atoms with Crippen molar-refractivity contribution in [1.29, 1.82) is 5.41 Å². The van der Waals surface area contributed by atoms with Crippen molar-refractivity contribution in [3.8, 4) is 0 Å². The molecule has 0 saturated heterocycles. The maximum absolute atomic E-state index is 10.6. The predicted molar refractivity (Wildman–Crippen MR) is 55.4 cm³/mol. The van der Waals surface area contributed by atoms with Gasteiger partial charge in [0.15, 0.2) is 0 Å². The summed E-state index contributed by atoms with van der Waals surface area (Å²) in [5, 5.41) is 18.5. The Morgan fingerprint density at radius 2 is 2.29 bits per heavy atom. The van der Waals surface area contributed by atoms with E-state index in [-0.39, 0.29) is 0 Å². The number of carboxylic acid groups (broad SMARTS) is 1. The second kappa shape index (κ2) is 5.39. The summed E-state index contributed by atoms with van der Waals surface area (Å²) in [6.45, 7) is 3.69. The molecule has 0 rings (SSSR count). The van der Waals surface area contributed by atoms with E-state index in [2.05, 4.69) is 5.32 Å². The molecule has 0 radical (unpaired) electrons. The standard InChI is InChI=1S/C9H17N3O2/c1-7(10)12-6-4-3-5-9(2,11)8(13)14/h3,5H,4,6,11H2,1-2H3,(H2,10,12)(H,13,14)/b5-3+/t9-/m1/s1. The third-order valence-corrected chi connectivity index (χ3v) is 1.63. The molecule has 0 aromatic carbocycles. The number of amidine groups is 1. The average Bonchev–Trinajstić information content (AvgIpc) is 2.02. The maximum Gasteiger partial charge on any atom is 0.327 e. The van der Waals surface area contributed by atoms with E-state index in [9.17, 15) is 4.79 Å². The lowest BCUT2D eigenvalue weighted by atomic mass is 10.0. The molecule has 1 atom stereocenters. The number of rotatable bonds is 5. The van der Waals surface area contributed by atoms with E-state index >= 15 is 0 Å². The largest absolute Gasteiger partial charge is 0.480 e. The van der Waals surface area contributed by atoms with Crippen molar-refractivity contribution in [2.24, 2.45) is 5.73 Å². The highest BCUT2D eigenvalue weighted by Crippen LogP contribution is 2.01. The van der Waals surface area contributed by atoms with Gasteiger partial charge in [-0.3, -0.25) is 5.41 Å². The van der Waals surface area contributed by atoms with Gasteiger partial charge in [-0.15, -0.1) is 0 Å². The Morgan fingerprint density at radius 3 is 2.71 bits per heavy atom. The minimum atomic E-state index is -1.31. The van der Waals surface area contributed by atoms with E-state index < -0.39 is 11.5 Å². The molecule has 0 fully saturated rings. The zero-order valence-electron chi connectivity index (χ0n) is 8.50. The monoisotopic (exact) mass is 199 g/mol. The van der Waals surface area contributed by atoms with Gasteiger partial charge in [-0.2, -0.15) is 0 Å². The zero-order valence-corrected chi connectivity index (χ0v) is 8.50. The van der Waals surface area contributed by atoms with Crippen LogP contribution in [0.15, 0.2) is 12.2 Å². The van der Waals surface area contributed by atoms with Gasteiger partial charge in [0.25, 0.3) is 0 Å². The Balaban J connectivity index is 3.83. The summed E-state index contributed by atoms with van der Waals surface area (Å²) < 4.78 is 0. The molecule has 0 unspecified atom stereocenters. The quantitative estimate of drug-likeness (QED) is 0.222. The van der Waals surface area contributed by atoms with Gasteiger partial charge in [-0.25, -0.2) is 4.79 Å².